The molecule has 2 aromatic rings. The fraction of sp³-hybridized carbons (Fsp3) is 0.444. The normalized spacial score (nSPS) is 16.4. The maximum atomic E-state index is 11.6. The van der Waals surface area contributed by atoms with Crippen molar-refractivity contribution in [3.05, 3.63) is 36.0 Å². The molecule has 0 saturated carbocycles. The van der Waals surface area contributed by atoms with Crippen molar-refractivity contribution < 1.29 is 13.2 Å². The Morgan fingerprint density at radius 1 is 1.32 bits per heavy atom. The summed E-state index contributed by atoms with van der Waals surface area (Å²) < 4.78 is 30.5. The lowest BCUT2D eigenvalue weighted by atomic mass is 10.00. The first-order valence-corrected chi connectivity index (χ1v) is 10.2. The highest BCUT2D eigenvalue weighted by Gasteiger charge is 2.21. The Hall–Kier alpha value is -1.83. The van der Waals surface area contributed by atoms with E-state index in [2.05, 4.69) is 16.0 Å². The number of nitrogens with zero attached hydrogens (tertiary/aromatic N) is 2. The number of hydrogen-bond acceptors (Lipinski definition) is 4. The van der Waals surface area contributed by atoms with E-state index < -0.39 is 10.0 Å². The van der Waals surface area contributed by atoms with Crippen molar-refractivity contribution in [2.45, 2.75) is 6.42 Å². The summed E-state index contributed by atoms with van der Waals surface area (Å²) in [7, 11) is 0.921. The molecule has 0 radical (unpaired) electrons. The molecule has 0 amide bonds. The van der Waals surface area contributed by atoms with E-state index in [9.17, 15) is 8.42 Å². The van der Waals surface area contributed by atoms with Crippen LogP contribution in [0.25, 0.3) is 16.5 Å². The van der Waals surface area contributed by atoms with Gasteiger partial charge >= 0.3 is 0 Å². The molecule has 0 aliphatic carbocycles. The SMILES string of the molecule is CN(C)CCOc1ccc2c(C3=CCN(S(C)(=O)=O)CC3)c[nH]c2c1. The highest BCUT2D eigenvalue weighted by molar-refractivity contribution is 7.88. The summed E-state index contributed by atoms with van der Waals surface area (Å²) in [5, 5.41) is 1.14. The van der Waals surface area contributed by atoms with E-state index >= 15 is 0 Å². The number of aromatic nitrogens is 1. The van der Waals surface area contributed by atoms with E-state index in [0.29, 0.717) is 19.7 Å². The summed E-state index contributed by atoms with van der Waals surface area (Å²) in [4.78, 5) is 5.39. The van der Waals surface area contributed by atoms with Crippen molar-refractivity contribution in [2.75, 3.05) is 46.6 Å². The van der Waals surface area contributed by atoms with Crippen LogP contribution in [0.3, 0.4) is 0 Å². The second-order valence-corrected chi connectivity index (χ2v) is 8.64. The Morgan fingerprint density at radius 3 is 2.76 bits per heavy atom. The number of ether oxygens (including phenoxy) is 1. The van der Waals surface area contributed by atoms with Crippen molar-refractivity contribution in [1.82, 2.24) is 14.2 Å². The van der Waals surface area contributed by atoms with Gasteiger partial charge in [0.05, 0.1) is 6.26 Å². The molecule has 2 heterocycles. The molecule has 0 bridgehead atoms. The van der Waals surface area contributed by atoms with Crippen molar-refractivity contribution in [3.63, 3.8) is 0 Å². The third-order valence-corrected chi connectivity index (χ3v) is 5.72. The van der Waals surface area contributed by atoms with Crippen LogP contribution in [-0.4, -0.2) is 69.2 Å². The van der Waals surface area contributed by atoms with Gasteiger partial charge in [-0.1, -0.05) is 6.08 Å². The molecule has 136 valence electrons. The van der Waals surface area contributed by atoms with Gasteiger partial charge in [0.2, 0.25) is 10.0 Å². The zero-order chi connectivity index (χ0) is 18.0. The predicted octanol–water partition coefficient (Wildman–Crippen LogP) is 2.16. The number of rotatable bonds is 6. The van der Waals surface area contributed by atoms with Crippen LogP contribution in [0, 0.1) is 0 Å². The summed E-state index contributed by atoms with van der Waals surface area (Å²) in [6.45, 7) is 2.49. The first-order valence-electron chi connectivity index (χ1n) is 8.38. The number of sulfonamides is 1. The molecular formula is C18H25N3O3S. The van der Waals surface area contributed by atoms with E-state index in [1.165, 1.54) is 16.1 Å². The Labute approximate surface area is 149 Å². The molecule has 1 aliphatic rings. The van der Waals surface area contributed by atoms with Crippen LogP contribution in [-0.2, 0) is 10.0 Å². The standard InChI is InChI=1S/C18H25N3O3S/c1-20(2)10-11-24-15-4-5-16-17(13-19-18(16)12-15)14-6-8-21(9-7-14)25(3,22)23/h4-6,12-13,19H,7-11H2,1-3H3. The summed E-state index contributed by atoms with van der Waals surface area (Å²) in [6, 6.07) is 6.07. The lowest BCUT2D eigenvalue weighted by molar-refractivity contribution is 0.261. The van der Waals surface area contributed by atoms with E-state index in [1.807, 2.05) is 38.5 Å². The van der Waals surface area contributed by atoms with E-state index in [-0.39, 0.29) is 0 Å². The smallest absolute Gasteiger partial charge is 0.211 e. The van der Waals surface area contributed by atoms with Gasteiger partial charge in [-0.2, -0.15) is 4.31 Å². The molecule has 1 N–H and O–H groups in total. The molecule has 6 nitrogen and oxygen atoms in total. The van der Waals surface area contributed by atoms with Crippen LogP contribution in [0.4, 0.5) is 0 Å². The minimum atomic E-state index is -3.12. The molecule has 25 heavy (non-hydrogen) atoms. The van der Waals surface area contributed by atoms with Crippen LogP contribution in [0.1, 0.15) is 12.0 Å². The highest BCUT2D eigenvalue weighted by atomic mass is 32.2. The molecule has 0 saturated heterocycles. The molecule has 0 atom stereocenters. The van der Waals surface area contributed by atoms with Crippen LogP contribution in [0.15, 0.2) is 30.5 Å². The quantitative estimate of drug-likeness (QED) is 0.854. The fourth-order valence-corrected chi connectivity index (χ4v) is 3.77. The maximum Gasteiger partial charge on any atom is 0.211 e. The van der Waals surface area contributed by atoms with Gasteiger partial charge in [0.1, 0.15) is 12.4 Å². The van der Waals surface area contributed by atoms with Gasteiger partial charge in [0, 0.05) is 48.4 Å². The Bertz CT molecular complexity index is 884. The molecule has 1 aliphatic heterocycles. The van der Waals surface area contributed by atoms with E-state index in [4.69, 9.17) is 4.74 Å². The summed E-state index contributed by atoms with van der Waals surface area (Å²) >= 11 is 0. The molecule has 1 aromatic heterocycles. The predicted molar refractivity (Wildman–Crippen MR) is 101 cm³/mol. The van der Waals surface area contributed by atoms with Crippen molar-refractivity contribution in [2.24, 2.45) is 0 Å². The average molecular weight is 363 g/mol. The third-order valence-electron chi connectivity index (χ3n) is 4.45. The number of hydrogen-bond donors (Lipinski definition) is 1. The number of H-pyrrole nitrogens is 1. The second kappa shape index (κ2) is 7.19. The van der Waals surface area contributed by atoms with Crippen LogP contribution in [0.5, 0.6) is 5.75 Å². The lowest BCUT2D eigenvalue weighted by Crippen LogP contribution is -2.33. The molecule has 1 aromatic carbocycles. The number of aromatic amines is 1. The van der Waals surface area contributed by atoms with Gasteiger partial charge in [-0.3, -0.25) is 0 Å². The molecule has 3 rings (SSSR count). The zero-order valence-corrected chi connectivity index (χ0v) is 15.8. The van der Waals surface area contributed by atoms with E-state index in [1.54, 1.807) is 0 Å². The van der Waals surface area contributed by atoms with Gasteiger partial charge in [0.15, 0.2) is 0 Å². The van der Waals surface area contributed by atoms with Crippen LogP contribution >= 0.6 is 0 Å². The minimum Gasteiger partial charge on any atom is -0.492 e. The van der Waals surface area contributed by atoms with Crippen LogP contribution < -0.4 is 4.74 Å². The molecule has 0 fully saturated rings. The van der Waals surface area contributed by atoms with Crippen molar-refractivity contribution in [1.29, 1.82) is 0 Å². The summed E-state index contributed by atoms with van der Waals surface area (Å²) in [5.74, 6) is 0.851. The average Bonchev–Trinajstić information content (AvgIpc) is 2.97. The van der Waals surface area contributed by atoms with E-state index in [0.717, 1.165) is 35.2 Å². The number of nitrogens with one attached hydrogen (secondary N) is 1. The Balaban J connectivity index is 1.77. The monoisotopic (exact) mass is 363 g/mol. The summed E-state index contributed by atoms with van der Waals surface area (Å²) in [5.41, 5.74) is 3.36. The maximum absolute atomic E-state index is 11.6. The van der Waals surface area contributed by atoms with Gasteiger partial charge in [0.25, 0.3) is 0 Å². The number of fused-ring (bicyclic) bond motifs is 1. The van der Waals surface area contributed by atoms with Crippen LogP contribution in [0.2, 0.25) is 0 Å². The highest BCUT2D eigenvalue weighted by Crippen LogP contribution is 2.31. The second-order valence-electron chi connectivity index (χ2n) is 6.66. The first-order chi connectivity index (χ1) is 11.8. The third kappa shape index (κ3) is 4.23. The molecular weight excluding hydrogens is 338 g/mol. The molecule has 7 heteroatoms. The number of likely N-dealkylation sites (N-methyl/N-ethyl adjacent to an activating group) is 1. The Morgan fingerprint density at radius 2 is 2.12 bits per heavy atom. The Kier molecular flexibility index (Phi) is 5.17. The first kappa shape index (κ1) is 18.0. The molecule has 0 unspecified atom stereocenters. The van der Waals surface area contributed by atoms with Gasteiger partial charge in [-0.05, 0) is 38.2 Å². The topological polar surface area (TPSA) is 65.6 Å². The van der Waals surface area contributed by atoms with Crippen molar-refractivity contribution >= 4 is 26.5 Å². The van der Waals surface area contributed by atoms with Gasteiger partial charge < -0.3 is 14.6 Å². The largest absolute Gasteiger partial charge is 0.492 e. The lowest BCUT2D eigenvalue weighted by Gasteiger charge is -2.24. The van der Waals surface area contributed by atoms with Crippen molar-refractivity contribution in [3.8, 4) is 5.75 Å². The van der Waals surface area contributed by atoms with Gasteiger partial charge in [-0.25, -0.2) is 8.42 Å². The fourth-order valence-electron chi connectivity index (χ4n) is 3.00. The molecule has 0 spiro atoms. The zero-order valence-electron chi connectivity index (χ0n) is 14.9. The summed E-state index contributed by atoms with van der Waals surface area (Å²) in [6.07, 6.45) is 5.99. The number of benzene rings is 1. The minimum absolute atomic E-state index is 0.437. The van der Waals surface area contributed by atoms with Gasteiger partial charge in [-0.15, -0.1) is 0 Å².